The third kappa shape index (κ3) is 6.27. The SMILES string of the molecule is CC(C)CCC1(C2CCC([Si@]3(F)CC[C@@H](OC(=O)c4ccc(Cl)cc4)CC3)CC2)CCCCC1. The number of carbonyl (C=O) groups excluding carboxylic acids is 1. The van der Waals surface area contributed by atoms with E-state index in [1.807, 2.05) is 0 Å². The molecule has 0 spiro atoms. The molecule has 4 rings (SSSR count). The smallest absolute Gasteiger partial charge is 0.338 e. The highest BCUT2D eigenvalue weighted by Crippen LogP contribution is 2.55. The van der Waals surface area contributed by atoms with Crippen molar-refractivity contribution in [2.75, 3.05) is 0 Å². The van der Waals surface area contributed by atoms with Crippen LogP contribution in [0.25, 0.3) is 0 Å². The second kappa shape index (κ2) is 11.5. The van der Waals surface area contributed by atoms with E-state index < -0.39 is 8.41 Å². The molecular formula is C29H44ClFO2Si. The van der Waals surface area contributed by atoms with Gasteiger partial charge in [-0.1, -0.05) is 64.0 Å². The van der Waals surface area contributed by atoms with Gasteiger partial charge >= 0.3 is 5.97 Å². The van der Waals surface area contributed by atoms with Crippen LogP contribution in [-0.4, -0.2) is 20.5 Å². The fraction of sp³-hybridized carbons (Fsp3) is 0.759. The lowest BCUT2D eigenvalue weighted by Crippen LogP contribution is -2.44. The van der Waals surface area contributed by atoms with Gasteiger partial charge in [0.15, 0.2) is 0 Å². The first-order valence-corrected chi connectivity index (χ1v) is 16.7. The highest BCUT2D eigenvalue weighted by Gasteiger charge is 2.49. The van der Waals surface area contributed by atoms with Crippen molar-refractivity contribution in [3.05, 3.63) is 34.9 Å². The quantitative estimate of drug-likeness (QED) is 0.209. The molecule has 0 amide bonds. The van der Waals surface area contributed by atoms with Gasteiger partial charge in [0.1, 0.15) is 6.10 Å². The Bertz CT molecular complexity index is 789. The molecule has 3 aliphatic rings. The molecule has 1 heterocycles. The van der Waals surface area contributed by atoms with Crippen molar-refractivity contribution in [2.45, 2.75) is 121 Å². The number of benzene rings is 1. The minimum Gasteiger partial charge on any atom is -0.459 e. The summed E-state index contributed by atoms with van der Waals surface area (Å²) in [5.41, 5.74) is 1.39. The molecule has 0 unspecified atom stereocenters. The van der Waals surface area contributed by atoms with E-state index >= 15 is 4.11 Å². The first kappa shape index (κ1) is 26.2. The van der Waals surface area contributed by atoms with E-state index in [0.29, 0.717) is 46.5 Å². The molecule has 0 N–H and O–H groups in total. The van der Waals surface area contributed by atoms with Crippen LogP contribution in [0, 0.1) is 17.3 Å². The largest absolute Gasteiger partial charge is 0.459 e. The van der Waals surface area contributed by atoms with Crippen LogP contribution in [0.3, 0.4) is 0 Å². The molecule has 1 aromatic carbocycles. The van der Waals surface area contributed by atoms with Crippen LogP contribution < -0.4 is 0 Å². The Morgan fingerprint density at radius 3 is 2.24 bits per heavy atom. The summed E-state index contributed by atoms with van der Waals surface area (Å²) in [7, 11) is -2.76. The molecule has 2 nitrogen and oxygen atoms in total. The standard InChI is InChI=1S/C29H44ClFO2Si/c1-22(2)14-19-29(17-4-3-5-18-29)24-8-12-27(13-9-24)34(31)20-15-26(16-21-34)33-28(32)23-6-10-25(30)11-7-23/h6-7,10-11,22,24,26-27H,3-5,8-9,12-21H2,1-2H3/t24?,26-,27?,34+. The Balaban J connectivity index is 1.28. The predicted octanol–water partition coefficient (Wildman–Crippen LogP) is 9.52. The monoisotopic (exact) mass is 506 g/mol. The van der Waals surface area contributed by atoms with Crippen molar-refractivity contribution < 1.29 is 13.6 Å². The zero-order chi connectivity index (χ0) is 24.2. The minimum absolute atomic E-state index is 0.141. The van der Waals surface area contributed by atoms with E-state index in [1.54, 1.807) is 24.3 Å². The van der Waals surface area contributed by atoms with Crippen molar-refractivity contribution >= 4 is 26.0 Å². The summed E-state index contributed by atoms with van der Waals surface area (Å²) in [4.78, 5) is 12.5. The number of rotatable bonds is 7. The predicted molar refractivity (Wildman–Crippen MR) is 142 cm³/mol. The van der Waals surface area contributed by atoms with E-state index in [2.05, 4.69) is 13.8 Å². The molecule has 0 aromatic heterocycles. The number of halogens is 2. The molecule has 2 aliphatic carbocycles. The van der Waals surface area contributed by atoms with Crippen molar-refractivity contribution in [3.8, 4) is 0 Å². The fourth-order valence-corrected chi connectivity index (χ4v) is 11.5. The second-order valence-corrected chi connectivity index (χ2v) is 16.4. The molecular weight excluding hydrogens is 463 g/mol. The maximum atomic E-state index is 16.2. The summed E-state index contributed by atoms with van der Waals surface area (Å²) in [5, 5.41) is 0.603. The Labute approximate surface area is 212 Å². The highest BCUT2D eigenvalue weighted by atomic mass is 35.5. The van der Waals surface area contributed by atoms with Crippen molar-refractivity contribution in [2.24, 2.45) is 17.3 Å². The molecule has 2 saturated carbocycles. The summed E-state index contributed by atoms with van der Waals surface area (Å²) in [6.45, 7) is 4.71. The Kier molecular flexibility index (Phi) is 8.83. The Morgan fingerprint density at radius 1 is 1.03 bits per heavy atom. The molecule has 190 valence electrons. The van der Waals surface area contributed by atoms with Crippen LogP contribution in [0.2, 0.25) is 22.7 Å². The number of hydrogen-bond donors (Lipinski definition) is 0. The van der Waals surface area contributed by atoms with Crippen molar-refractivity contribution in [1.29, 1.82) is 0 Å². The lowest BCUT2D eigenvalue weighted by atomic mass is 9.59. The van der Waals surface area contributed by atoms with Gasteiger partial charge in [-0.25, -0.2) is 4.79 Å². The summed E-state index contributed by atoms with van der Waals surface area (Å²) in [6.07, 6.45) is 15.7. The molecule has 0 bridgehead atoms. The topological polar surface area (TPSA) is 26.3 Å². The fourth-order valence-electron chi connectivity index (χ4n) is 7.32. The average Bonchev–Trinajstić information content (AvgIpc) is 2.85. The Morgan fingerprint density at radius 2 is 1.65 bits per heavy atom. The van der Waals surface area contributed by atoms with Crippen LogP contribution in [-0.2, 0) is 4.74 Å². The Hall–Kier alpha value is -0.873. The van der Waals surface area contributed by atoms with Gasteiger partial charge in [0.2, 0.25) is 8.41 Å². The average molecular weight is 507 g/mol. The van der Waals surface area contributed by atoms with Gasteiger partial charge < -0.3 is 8.84 Å². The van der Waals surface area contributed by atoms with Gasteiger partial charge in [0.05, 0.1) is 5.56 Å². The van der Waals surface area contributed by atoms with Gasteiger partial charge in [0.25, 0.3) is 0 Å². The van der Waals surface area contributed by atoms with E-state index in [-0.39, 0.29) is 12.1 Å². The molecule has 3 fully saturated rings. The van der Waals surface area contributed by atoms with Gasteiger partial charge in [-0.2, -0.15) is 0 Å². The first-order chi connectivity index (χ1) is 16.3. The minimum atomic E-state index is -2.76. The van der Waals surface area contributed by atoms with Gasteiger partial charge in [-0.3, -0.25) is 0 Å². The number of hydrogen-bond acceptors (Lipinski definition) is 2. The van der Waals surface area contributed by atoms with Crippen LogP contribution in [0.4, 0.5) is 4.11 Å². The van der Waals surface area contributed by atoms with Gasteiger partial charge in [-0.05, 0) is 104 Å². The summed E-state index contributed by atoms with van der Waals surface area (Å²) in [6, 6.07) is 8.13. The summed E-state index contributed by atoms with van der Waals surface area (Å²) < 4.78 is 22.0. The molecule has 0 radical (unpaired) electrons. The molecule has 34 heavy (non-hydrogen) atoms. The second-order valence-electron chi connectivity index (χ2n) is 12.1. The lowest BCUT2D eigenvalue weighted by molar-refractivity contribution is 0.0264. The molecule has 0 atom stereocenters. The molecule has 5 heteroatoms. The summed E-state index contributed by atoms with van der Waals surface area (Å²) >= 11 is 5.91. The van der Waals surface area contributed by atoms with Crippen LogP contribution in [0.5, 0.6) is 0 Å². The zero-order valence-electron chi connectivity index (χ0n) is 21.3. The normalized spacial score (nSPS) is 31.9. The van der Waals surface area contributed by atoms with Gasteiger partial charge in [0, 0.05) is 5.02 Å². The van der Waals surface area contributed by atoms with Crippen LogP contribution in [0.15, 0.2) is 24.3 Å². The number of ether oxygens (including phenoxy) is 1. The van der Waals surface area contributed by atoms with Gasteiger partial charge in [-0.15, -0.1) is 0 Å². The number of esters is 1. The van der Waals surface area contributed by atoms with Crippen LogP contribution >= 0.6 is 11.6 Å². The highest BCUT2D eigenvalue weighted by molar-refractivity contribution is 6.74. The maximum absolute atomic E-state index is 16.2. The van der Waals surface area contributed by atoms with Crippen molar-refractivity contribution in [1.82, 2.24) is 0 Å². The van der Waals surface area contributed by atoms with Crippen molar-refractivity contribution in [3.63, 3.8) is 0 Å². The van der Waals surface area contributed by atoms with Crippen LogP contribution in [0.1, 0.15) is 108 Å². The van der Waals surface area contributed by atoms with E-state index in [4.69, 9.17) is 16.3 Å². The molecule has 1 saturated heterocycles. The van der Waals surface area contributed by atoms with E-state index in [1.165, 1.54) is 57.8 Å². The third-order valence-corrected chi connectivity index (χ3v) is 14.0. The molecule has 1 aromatic rings. The zero-order valence-corrected chi connectivity index (χ0v) is 23.1. The third-order valence-electron chi connectivity index (χ3n) is 9.51. The maximum Gasteiger partial charge on any atom is 0.338 e. The van der Waals surface area contributed by atoms with E-state index in [9.17, 15) is 4.79 Å². The van der Waals surface area contributed by atoms with E-state index in [0.717, 1.165) is 24.7 Å². The summed E-state index contributed by atoms with van der Waals surface area (Å²) in [5.74, 6) is 1.28. The number of carbonyl (C=O) groups is 1. The first-order valence-electron chi connectivity index (χ1n) is 14.0. The lowest BCUT2D eigenvalue weighted by Gasteiger charge is -2.49. The molecule has 1 aliphatic heterocycles.